The third-order valence-electron chi connectivity index (χ3n) is 12.4. The highest BCUT2D eigenvalue weighted by molar-refractivity contribution is 5.71. The van der Waals surface area contributed by atoms with Crippen molar-refractivity contribution in [3.8, 4) is 0 Å². The molecule has 6 nitrogen and oxygen atoms in total. The first-order chi connectivity index (χ1) is 34.0. The van der Waals surface area contributed by atoms with Gasteiger partial charge in [0.1, 0.15) is 13.2 Å². The number of hydrogen-bond donors (Lipinski definition) is 0. The van der Waals surface area contributed by atoms with Gasteiger partial charge >= 0.3 is 17.9 Å². The molecular formula is C63H108O6. The molecule has 0 fully saturated rings. The van der Waals surface area contributed by atoms with Crippen LogP contribution in [0.5, 0.6) is 0 Å². The largest absolute Gasteiger partial charge is 0.462 e. The molecule has 0 aromatic heterocycles. The van der Waals surface area contributed by atoms with E-state index in [4.69, 9.17) is 14.2 Å². The molecule has 0 radical (unpaired) electrons. The summed E-state index contributed by atoms with van der Waals surface area (Å²) < 4.78 is 16.8. The van der Waals surface area contributed by atoms with Crippen LogP contribution in [0.1, 0.15) is 278 Å². The van der Waals surface area contributed by atoms with E-state index in [9.17, 15) is 14.4 Å². The standard InChI is InChI=1S/C63H108O6/c1-4-7-10-13-16-19-22-25-27-29-31-32-33-35-36-38-41-44-47-50-53-56-62(65)68-59-60(58-67-61(64)55-52-49-46-43-40-24-21-18-15-12-9-6-3)69-63(66)57-54-51-48-45-42-39-37-34-30-28-26-23-20-17-14-11-8-5-2/h7,10,16,19,25,27-28,30-32,35-36,41,44,60H,4-6,8-9,11-15,17-18,20-24,26,29,33-34,37-40,42-43,45-59H2,1-3H3/b10-7-,19-16-,27-25-,30-28-,32-31-,36-35-,44-41-. The fourth-order valence-corrected chi connectivity index (χ4v) is 8.03. The minimum absolute atomic E-state index is 0.0902. The van der Waals surface area contributed by atoms with Crippen LogP contribution in [-0.4, -0.2) is 37.2 Å². The number of hydrogen-bond acceptors (Lipinski definition) is 6. The molecule has 0 aromatic carbocycles. The second-order valence-corrected chi connectivity index (χ2v) is 19.2. The molecule has 0 bridgehead atoms. The Balaban J connectivity index is 4.43. The lowest BCUT2D eigenvalue weighted by Gasteiger charge is -2.18. The summed E-state index contributed by atoms with van der Waals surface area (Å²) in [6.07, 6.45) is 74.3. The van der Waals surface area contributed by atoms with E-state index in [1.807, 2.05) is 0 Å². The first-order valence-corrected chi connectivity index (χ1v) is 29.1. The molecule has 0 spiro atoms. The van der Waals surface area contributed by atoms with Crippen molar-refractivity contribution in [3.05, 3.63) is 85.1 Å². The van der Waals surface area contributed by atoms with Gasteiger partial charge in [0.2, 0.25) is 0 Å². The third kappa shape index (κ3) is 55.4. The molecule has 0 saturated heterocycles. The minimum atomic E-state index is -0.795. The van der Waals surface area contributed by atoms with Crippen molar-refractivity contribution in [3.63, 3.8) is 0 Å². The quantitative estimate of drug-likeness (QED) is 0.0262. The monoisotopic (exact) mass is 961 g/mol. The summed E-state index contributed by atoms with van der Waals surface area (Å²) >= 11 is 0. The fourth-order valence-electron chi connectivity index (χ4n) is 8.03. The van der Waals surface area contributed by atoms with Gasteiger partial charge in [-0.1, -0.05) is 247 Å². The van der Waals surface area contributed by atoms with E-state index in [1.165, 1.54) is 141 Å². The first-order valence-electron chi connectivity index (χ1n) is 29.1. The molecule has 0 aliphatic heterocycles. The van der Waals surface area contributed by atoms with Crippen LogP contribution in [0.2, 0.25) is 0 Å². The first kappa shape index (κ1) is 65.6. The van der Waals surface area contributed by atoms with E-state index in [1.54, 1.807) is 0 Å². The molecule has 0 heterocycles. The molecule has 1 atom stereocenters. The van der Waals surface area contributed by atoms with Gasteiger partial charge in [-0.2, -0.15) is 0 Å². The van der Waals surface area contributed by atoms with Crippen molar-refractivity contribution in [1.82, 2.24) is 0 Å². The average molecular weight is 962 g/mol. The number of ether oxygens (including phenoxy) is 3. The Morgan fingerprint density at radius 2 is 0.565 bits per heavy atom. The Bertz CT molecular complexity index is 1330. The predicted molar refractivity (Wildman–Crippen MR) is 297 cm³/mol. The molecule has 1 unspecified atom stereocenters. The van der Waals surface area contributed by atoms with Crippen LogP contribution < -0.4 is 0 Å². The summed E-state index contributed by atoms with van der Waals surface area (Å²) in [6, 6.07) is 0. The van der Waals surface area contributed by atoms with Crippen LogP contribution in [0.4, 0.5) is 0 Å². The number of rotatable bonds is 52. The highest BCUT2D eigenvalue weighted by Gasteiger charge is 2.19. The van der Waals surface area contributed by atoms with Crippen molar-refractivity contribution >= 4 is 17.9 Å². The number of unbranched alkanes of at least 4 members (excludes halogenated alkanes) is 27. The van der Waals surface area contributed by atoms with Crippen molar-refractivity contribution in [1.29, 1.82) is 0 Å². The molecule has 0 saturated carbocycles. The summed E-state index contributed by atoms with van der Waals surface area (Å²) in [5.74, 6) is -0.933. The van der Waals surface area contributed by atoms with Gasteiger partial charge in [-0.15, -0.1) is 0 Å². The molecule has 6 heteroatoms. The Kier molecular flexibility index (Phi) is 54.3. The predicted octanol–water partition coefficient (Wildman–Crippen LogP) is 19.5. The number of allylic oxidation sites excluding steroid dienone is 14. The SMILES string of the molecule is CC/C=C\C/C=C\C/C=C\C/C=C\C/C=C\C/C=C\CCCCC(=O)OCC(COC(=O)CCCCCCCCCCCCCC)OC(=O)CCCCCCCCC/C=C\CCCCCCCCC. The van der Waals surface area contributed by atoms with Gasteiger partial charge in [0.25, 0.3) is 0 Å². The third-order valence-corrected chi connectivity index (χ3v) is 12.4. The van der Waals surface area contributed by atoms with Crippen LogP contribution >= 0.6 is 0 Å². The van der Waals surface area contributed by atoms with Gasteiger partial charge in [-0.3, -0.25) is 14.4 Å². The maximum atomic E-state index is 12.9. The van der Waals surface area contributed by atoms with Crippen molar-refractivity contribution in [2.45, 2.75) is 284 Å². The molecule has 396 valence electrons. The maximum absolute atomic E-state index is 12.9. The fraction of sp³-hybridized carbons (Fsp3) is 0.730. The number of esters is 3. The van der Waals surface area contributed by atoms with Crippen molar-refractivity contribution in [2.24, 2.45) is 0 Å². The second kappa shape index (κ2) is 57.2. The Labute approximate surface area is 426 Å². The molecule has 0 aliphatic rings. The van der Waals surface area contributed by atoms with Crippen LogP contribution in [0, 0.1) is 0 Å². The van der Waals surface area contributed by atoms with Crippen LogP contribution in [0.25, 0.3) is 0 Å². The van der Waals surface area contributed by atoms with Crippen molar-refractivity contribution < 1.29 is 28.6 Å². The van der Waals surface area contributed by atoms with E-state index in [-0.39, 0.29) is 31.1 Å². The summed E-state index contributed by atoms with van der Waals surface area (Å²) in [7, 11) is 0. The normalized spacial score (nSPS) is 12.7. The maximum Gasteiger partial charge on any atom is 0.306 e. The Hall–Kier alpha value is -3.41. The smallest absolute Gasteiger partial charge is 0.306 e. The lowest BCUT2D eigenvalue weighted by Crippen LogP contribution is -2.30. The van der Waals surface area contributed by atoms with E-state index < -0.39 is 6.10 Å². The number of carbonyl (C=O) groups is 3. The Morgan fingerprint density at radius 1 is 0.304 bits per heavy atom. The highest BCUT2D eigenvalue weighted by atomic mass is 16.6. The van der Waals surface area contributed by atoms with E-state index >= 15 is 0 Å². The molecule has 0 rings (SSSR count). The zero-order valence-electron chi connectivity index (χ0n) is 45.3. The highest BCUT2D eigenvalue weighted by Crippen LogP contribution is 2.15. The lowest BCUT2D eigenvalue weighted by molar-refractivity contribution is -0.167. The van der Waals surface area contributed by atoms with Crippen LogP contribution in [-0.2, 0) is 28.6 Å². The molecule has 0 aliphatic carbocycles. The average Bonchev–Trinajstić information content (AvgIpc) is 3.35. The van der Waals surface area contributed by atoms with Gasteiger partial charge in [0.15, 0.2) is 6.10 Å². The molecule has 0 amide bonds. The van der Waals surface area contributed by atoms with Gasteiger partial charge < -0.3 is 14.2 Å². The minimum Gasteiger partial charge on any atom is -0.462 e. The topological polar surface area (TPSA) is 78.9 Å². The van der Waals surface area contributed by atoms with Crippen LogP contribution in [0.15, 0.2) is 85.1 Å². The molecule has 0 aromatic rings. The second-order valence-electron chi connectivity index (χ2n) is 19.2. The zero-order valence-corrected chi connectivity index (χ0v) is 45.3. The lowest BCUT2D eigenvalue weighted by atomic mass is 10.0. The summed E-state index contributed by atoms with van der Waals surface area (Å²) in [5.41, 5.74) is 0. The summed E-state index contributed by atoms with van der Waals surface area (Å²) in [4.78, 5) is 38.1. The molecule has 69 heavy (non-hydrogen) atoms. The molecule has 0 N–H and O–H groups in total. The van der Waals surface area contributed by atoms with Crippen LogP contribution in [0.3, 0.4) is 0 Å². The Morgan fingerprint density at radius 3 is 0.928 bits per heavy atom. The summed E-state index contributed by atoms with van der Waals surface area (Å²) in [5, 5.41) is 0. The zero-order chi connectivity index (χ0) is 50.0. The van der Waals surface area contributed by atoms with Gasteiger partial charge in [-0.05, 0) is 96.3 Å². The summed E-state index contributed by atoms with van der Waals surface area (Å²) in [6.45, 7) is 6.50. The van der Waals surface area contributed by atoms with E-state index in [2.05, 4.69) is 106 Å². The van der Waals surface area contributed by atoms with Crippen molar-refractivity contribution in [2.75, 3.05) is 13.2 Å². The molecular weight excluding hydrogens is 853 g/mol. The number of carbonyl (C=O) groups excluding carboxylic acids is 3. The van der Waals surface area contributed by atoms with E-state index in [0.29, 0.717) is 19.3 Å². The van der Waals surface area contributed by atoms with E-state index in [0.717, 1.165) is 96.3 Å². The van der Waals surface area contributed by atoms with Gasteiger partial charge in [0.05, 0.1) is 0 Å². The van der Waals surface area contributed by atoms with Gasteiger partial charge in [-0.25, -0.2) is 0 Å². The van der Waals surface area contributed by atoms with Gasteiger partial charge in [0, 0.05) is 19.3 Å².